The number of aromatic nitrogens is 7. The van der Waals surface area contributed by atoms with Crippen molar-refractivity contribution in [2.45, 2.75) is 18.9 Å². The lowest BCUT2D eigenvalue weighted by Gasteiger charge is -2.49. The molecule has 1 fully saturated rings. The molecule has 1 atom stereocenters. The van der Waals surface area contributed by atoms with Crippen molar-refractivity contribution in [3.05, 3.63) is 61.1 Å². The van der Waals surface area contributed by atoms with Gasteiger partial charge in [-0.3, -0.25) is 9.13 Å². The lowest BCUT2D eigenvalue weighted by atomic mass is 9.90. The SMILES string of the molecule is CCC12COCCN1c1nc(-n3ccnc3-c3ccccc3)ncc1-n1cnnc12. The van der Waals surface area contributed by atoms with Gasteiger partial charge in [-0.15, -0.1) is 10.2 Å². The molecular weight excluding hydrogens is 380 g/mol. The summed E-state index contributed by atoms with van der Waals surface area (Å²) in [5.41, 5.74) is 1.51. The summed E-state index contributed by atoms with van der Waals surface area (Å²) in [6.07, 6.45) is 8.07. The average molecular weight is 400 g/mol. The molecule has 0 radical (unpaired) electrons. The summed E-state index contributed by atoms with van der Waals surface area (Å²) in [5.74, 6) is 3.13. The van der Waals surface area contributed by atoms with Crippen molar-refractivity contribution < 1.29 is 4.74 Å². The molecule has 9 nitrogen and oxygen atoms in total. The van der Waals surface area contributed by atoms with Gasteiger partial charge in [0, 0.05) is 24.5 Å². The lowest BCUT2D eigenvalue weighted by Crippen LogP contribution is -2.58. The maximum Gasteiger partial charge on any atom is 0.237 e. The van der Waals surface area contributed by atoms with Crippen molar-refractivity contribution in [3.63, 3.8) is 0 Å². The number of hydrogen-bond acceptors (Lipinski definition) is 7. The molecule has 6 rings (SSSR count). The summed E-state index contributed by atoms with van der Waals surface area (Å²) in [5, 5.41) is 8.60. The van der Waals surface area contributed by atoms with E-state index in [4.69, 9.17) is 9.72 Å². The Labute approximate surface area is 173 Å². The molecule has 1 aromatic carbocycles. The van der Waals surface area contributed by atoms with Gasteiger partial charge in [-0.25, -0.2) is 9.97 Å². The van der Waals surface area contributed by atoms with Crippen LogP contribution in [0.1, 0.15) is 19.2 Å². The highest BCUT2D eigenvalue weighted by Gasteiger charge is 2.48. The molecule has 2 aliphatic rings. The summed E-state index contributed by atoms with van der Waals surface area (Å²) in [7, 11) is 0. The molecule has 30 heavy (non-hydrogen) atoms. The predicted molar refractivity (Wildman–Crippen MR) is 110 cm³/mol. The van der Waals surface area contributed by atoms with E-state index in [0.717, 1.165) is 41.7 Å². The fourth-order valence-corrected chi connectivity index (χ4v) is 4.47. The minimum absolute atomic E-state index is 0.384. The Balaban J connectivity index is 1.53. The molecule has 3 aromatic heterocycles. The van der Waals surface area contributed by atoms with Gasteiger partial charge in [0.05, 0.1) is 19.4 Å². The van der Waals surface area contributed by atoms with Gasteiger partial charge in [0.1, 0.15) is 23.4 Å². The van der Waals surface area contributed by atoms with E-state index in [1.54, 1.807) is 12.5 Å². The van der Waals surface area contributed by atoms with Gasteiger partial charge in [0.15, 0.2) is 11.6 Å². The first-order valence-corrected chi connectivity index (χ1v) is 10.0. The van der Waals surface area contributed by atoms with Crippen molar-refractivity contribution in [1.29, 1.82) is 0 Å². The van der Waals surface area contributed by atoms with Crippen LogP contribution in [0.5, 0.6) is 0 Å². The Morgan fingerprint density at radius 2 is 2.03 bits per heavy atom. The van der Waals surface area contributed by atoms with E-state index in [1.807, 2.05) is 51.9 Å². The Morgan fingerprint density at radius 1 is 1.13 bits per heavy atom. The summed E-state index contributed by atoms with van der Waals surface area (Å²) < 4.78 is 9.78. The number of anilines is 1. The number of fused-ring (bicyclic) bond motifs is 6. The maximum absolute atomic E-state index is 5.87. The summed E-state index contributed by atoms with van der Waals surface area (Å²) in [4.78, 5) is 16.5. The molecule has 0 N–H and O–H groups in total. The number of hydrogen-bond donors (Lipinski definition) is 0. The van der Waals surface area contributed by atoms with Gasteiger partial charge in [-0.05, 0) is 6.42 Å². The number of morpholine rings is 1. The number of rotatable bonds is 3. The molecule has 1 unspecified atom stereocenters. The standard InChI is InChI=1S/C21H20N8O/c1-2-21-13-30-11-10-29(21)18-16(28-14-24-26-19(21)28)12-23-20(25-18)27-9-8-22-17(27)15-6-4-3-5-7-15/h3-9,12,14H,2,10-11,13H2,1H3. The van der Waals surface area contributed by atoms with Crippen LogP contribution in [0.3, 0.4) is 0 Å². The first-order valence-electron chi connectivity index (χ1n) is 10.0. The molecule has 5 heterocycles. The molecule has 1 saturated heterocycles. The first kappa shape index (κ1) is 17.3. The van der Waals surface area contributed by atoms with E-state index in [1.165, 1.54) is 0 Å². The molecule has 0 amide bonds. The highest BCUT2D eigenvalue weighted by atomic mass is 16.5. The van der Waals surface area contributed by atoms with E-state index in [-0.39, 0.29) is 5.54 Å². The molecule has 9 heteroatoms. The number of benzene rings is 1. The molecule has 0 saturated carbocycles. The highest BCUT2D eigenvalue weighted by molar-refractivity contribution is 5.65. The smallest absolute Gasteiger partial charge is 0.237 e. The zero-order chi connectivity index (χ0) is 20.1. The van der Waals surface area contributed by atoms with Crippen LogP contribution in [0.25, 0.3) is 23.0 Å². The Hall–Kier alpha value is -3.59. The normalized spacial score (nSPS) is 19.8. The quantitative estimate of drug-likeness (QED) is 0.522. The summed E-state index contributed by atoms with van der Waals surface area (Å²) in [6.45, 7) is 4.09. The maximum atomic E-state index is 5.87. The minimum atomic E-state index is -0.384. The first-order chi connectivity index (χ1) is 14.8. The van der Waals surface area contributed by atoms with Crippen LogP contribution >= 0.6 is 0 Å². The highest BCUT2D eigenvalue weighted by Crippen LogP contribution is 2.43. The molecular formula is C21H20N8O. The zero-order valence-corrected chi connectivity index (χ0v) is 16.5. The van der Waals surface area contributed by atoms with E-state index >= 15 is 0 Å². The third-order valence-electron chi connectivity index (χ3n) is 6.01. The second-order valence-corrected chi connectivity index (χ2v) is 7.48. The minimum Gasteiger partial charge on any atom is -0.377 e. The van der Waals surface area contributed by atoms with Crippen LogP contribution in [0.15, 0.2) is 55.2 Å². The van der Waals surface area contributed by atoms with E-state index in [0.29, 0.717) is 19.2 Å². The third kappa shape index (κ3) is 2.29. The second kappa shape index (κ2) is 6.46. The van der Waals surface area contributed by atoms with Crippen molar-refractivity contribution in [1.82, 2.24) is 34.3 Å². The molecule has 150 valence electrons. The van der Waals surface area contributed by atoms with Crippen LogP contribution in [0.4, 0.5) is 5.82 Å². The zero-order valence-electron chi connectivity index (χ0n) is 16.5. The molecule has 0 aliphatic carbocycles. The lowest BCUT2D eigenvalue weighted by molar-refractivity contribution is 0.0390. The van der Waals surface area contributed by atoms with E-state index in [2.05, 4.69) is 32.0 Å². The Bertz CT molecular complexity index is 1220. The van der Waals surface area contributed by atoms with Crippen molar-refractivity contribution in [2.24, 2.45) is 0 Å². The largest absolute Gasteiger partial charge is 0.377 e. The van der Waals surface area contributed by atoms with Crippen molar-refractivity contribution in [3.8, 4) is 23.0 Å². The predicted octanol–water partition coefficient (Wildman–Crippen LogP) is 2.37. The fraction of sp³-hybridized carbons (Fsp3) is 0.286. The van der Waals surface area contributed by atoms with Crippen molar-refractivity contribution in [2.75, 3.05) is 24.7 Å². The van der Waals surface area contributed by atoms with Crippen LogP contribution in [0, 0.1) is 0 Å². The number of ether oxygens (including phenoxy) is 1. The van der Waals surface area contributed by atoms with E-state index in [9.17, 15) is 0 Å². The second-order valence-electron chi connectivity index (χ2n) is 7.48. The summed E-state index contributed by atoms with van der Waals surface area (Å²) >= 11 is 0. The van der Waals surface area contributed by atoms with Gasteiger partial charge >= 0.3 is 0 Å². The van der Waals surface area contributed by atoms with Crippen LogP contribution in [0.2, 0.25) is 0 Å². The monoisotopic (exact) mass is 400 g/mol. The van der Waals surface area contributed by atoms with Crippen LogP contribution in [-0.2, 0) is 10.3 Å². The van der Waals surface area contributed by atoms with Gasteiger partial charge in [0.25, 0.3) is 0 Å². The Morgan fingerprint density at radius 3 is 2.90 bits per heavy atom. The summed E-state index contributed by atoms with van der Waals surface area (Å²) in [6, 6.07) is 10.1. The van der Waals surface area contributed by atoms with Gasteiger partial charge in [-0.1, -0.05) is 37.3 Å². The van der Waals surface area contributed by atoms with Gasteiger partial charge in [0.2, 0.25) is 5.95 Å². The number of nitrogens with zero attached hydrogens (tertiary/aromatic N) is 8. The van der Waals surface area contributed by atoms with Crippen LogP contribution in [-0.4, -0.2) is 54.0 Å². The van der Waals surface area contributed by atoms with Crippen LogP contribution < -0.4 is 4.90 Å². The third-order valence-corrected chi connectivity index (χ3v) is 6.01. The topological polar surface area (TPSA) is 86.8 Å². The molecule has 4 aromatic rings. The average Bonchev–Trinajstić information content (AvgIpc) is 3.50. The number of imidazole rings is 1. The molecule has 0 bridgehead atoms. The Kier molecular flexibility index (Phi) is 3.72. The van der Waals surface area contributed by atoms with Gasteiger partial charge in [-0.2, -0.15) is 4.98 Å². The molecule has 0 spiro atoms. The fourth-order valence-electron chi connectivity index (χ4n) is 4.47. The van der Waals surface area contributed by atoms with E-state index < -0.39 is 0 Å². The van der Waals surface area contributed by atoms with Crippen molar-refractivity contribution >= 4 is 5.82 Å². The van der Waals surface area contributed by atoms with Gasteiger partial charge < -0.3 is 9.64 Å². The molecule has 2 aliphatic heterocycles.